The average Bonchev–Trinajstić information content (AvgIpc) is 3.25. The van der Waals surface area contributed by atoms with Crippen molar-refractivity contribution in [2.75, 3.05) is 11.9 Å². The van der Waals surface area contributed by atoms with Gasteiger partial charge in [-0.25, -0.2) is 4.98 Å². The van der Waals surface area contributed by atoms with Gasteiger partial charge in [-0.3, -0.25) is 19.1 Å². The number of anilines is 1. The van der Waals surface area contributed by atoms with Crippen LogP contribution in [0.3, 0.4) is 0 Å². The van der Waals surface area contributed by atoms with Gasteiger partial charge in [0.25, 0.3) is 0 Å². The summed E-state index contributed by atoms with van der Waals surface area (Å²) in [6.07, 6.45) is 3.80. The van der Waals surface area contributed by atoms with Crippen LogP contribution in [0.2, 0.25) is 0 Å². The molecule has 0 unspecified atom stereocenters. The average molecular weight is 408 g/mol. The Balaban J connectivity index is 1.58. The highest BCUT2D eigenvalue weighted by Gasteiger charge is 2.17. The third kappa shape index (κ3) is 4.45. The van der Waals surface area contributed by atoms with E-state index in [1.165, 1.54) is 12.3 Å². The fourth-order valence-electron chi connectivity index (χ4n) is 3.20. The number of aryl methyl sites for hydroxylation is 3. The fourth-order valence-corrected chi connectivity index (χ4v) is 3.20. The zero-order chi connectivity index (χ0) is 21.8. The van der Waals surface area contributed by atoms with Crippen LogP contribution in [0.4, 0.5) is 5.69 Å². The number of carbonyl (C=O) groups is 3. The van der Waals surface area contributed by atoms with Crippen LogP contribution in [-0.4, -0.2) is 43.5 Å². The number of aromatic nitrogens is 4. The summed E-state index contributed by atoms with van der Waals surface area (Å²) < 4.78 is 3.41. The van der Waals surface area contributed by atoms with Gasteiger partial charge in [-0.1, -0.05) is 12.1 Å². The lowest BCUT2D eigenvalue weighted by Crippen LogP contribution is -2.36. The van der Waals surface area contributed by atoms with Crippen molar-refractivity contribution >= 4 is 23.3 Å². The maximum atomic E-state index is 12.6. The van der Waals surface area contributed by atoms with Gasteiger partial charge in [-0.2, -0.15) is 5.10 Å². The first-order valence-electron chi connectivity index (χ1n) is 9.48. The Morgan fingerprint density at radius 1 is 1.10 bits per heavy atom. The van der Waals surface area contributed by atoms with E-state index >= 15 is 0 Å². The van der Waals surface area contributed by atoms with E-state index in [2.05, 4.69) is 20.7 Å². The van der Waals surface area contributed by atoms with E-state index in [9.17, 15) is 14.4 Å². The van der Waals surface area contributed by atoms with Gasteiger partial charge in [-0.05, 0) is 38.0 Å². The van der Waals surface area contributed by atoms with Crippen LogP contribution >= 0.6 is 0 Å². The van der Waals surface area contributed by atoms with Crippen molar-refractivity contribution in [1.82, 2.24) is 24.6 Å². The number of ketones is 1. The van der Waals surface area contributed by atoms with Crippen LogP contribution in [0.25, 0.3) is 0 Å². The molecule has 0 spiro atoms. The largest absolute Gasteiger partial charge is 0.347 e. The SMILES string of the molecule is Cc1nn(C)c(C)c1CCNC(=O)C(=O)Nc1cccc(C(=O)c2nccn2C)c1. The van der Waals surface area contributed by atoms with Gasteiger partial charge >= 0.3 is 11.8 Å². The zero-order valence-corrected chi connectivity index (χ0v) is 17.4. The lowest BCUT2D eigenvalue weighted by Gasteiger charge is -2.08. The van der Waals surface area contributed by atoms with E-state index in [4.69, 9.17) is 0 Å². The van der Waals surface area contributed by atoms with Gasteiger partial charge in [0, 0.05) is 50.0 Å². The minimum atomic E-state index is -0.795. The lowest BCUT2D eigenvalue weighted by atomic mass is 10.1. The Hall–Kier alpha value is -3.75. The highest BCUT2D eigenvalue weighted by atomic mass is 16.2. The summed E-state index contributed by atoms with van der Waals surface area (Å²) >= 11 is 0. The minimum absolute atomic E-state index is 0.273. The highest BCUT2D eigenvalue weighted by molar-refractivity contribution is 6.39. The topological polar surface area (TPSA) is 111 Å². The predicted octanol–water partition coefficient (Wildman–Crippen LogP) is 1.30. The van der Waals surface area contributed by atoms with Crippen molar-refractivity contribution < 1.29 is 14.4 Å². The molecule has 0 aliphatic heterocycles. The molecule has 2 heterocycles. The van der Waals surface area contributed by atoms with Gasteiger partial charge in [0.15, 0.2) is 5.82 Å². The summed E-state index contributed by atoms with van der Waals surface area (Å²) in [6.45, 7) is 4.19. The molecule has 9 heteroatoms. The first kappa shape index (κ1) is 21.0. The molecule has 1 aromatic carbocycles. The van der Waals surface area contributed by atoms with Crippen LogP contribution in [0, 0.1) is 13.8 Å². The van der Waals surface area contributed by atoms with E-state index in [0.29, 0.717) is 24.2 Å². The van der Waals surface area contributed by atoms with Crippen LogP contribution < -0.4 is 10.6 Å². The molecule has 0 aliphatic rings. The summed E-state index contributed by atoms with van der Waals surface area (Å²) in [7, 11) is 3.59. The monoisotopic (exact) mass is 408 g/mol. The molecule has 156 valence electrons. The Labute approximate surface area is 174 Å². The van der Waals surface area contributed by atoms with Gasteiger partial charge in [0.1, 0.15) is 0 Å². The van der Waals surface area contributed by atoms with Gasteiger partial charge in [0.2, 0.25) is 5.78 Å². The first-order chi connectivity index (χ1) is 14.3. The molecule has 0 atom stereocenters. The maximum absolute atomic E-state index is 12.6. The number of hydrogen-bond donors (Lipinski definition) is 2. The predicted molar refractivity (Wildman–Crippen MR) is 111 cm³/mol. The quantitative estimate of drug-likeness (QED) is 0.472. The number of nitrogens with zero attached hydrogens (tertiary/aromatic N) is 4. The fraction of sp³-hybridized carbons (Fsp3) is 0.286. The summed E-state index contributed by atoms with van der Waals surface area (Å²) in [5.41, 5.74) is 3.71. The molecule has 0 aliphatic carbocycles. The third-order valence-corrected chi connectivity index (χ3v) is 4.93. The molecule has 0 bridgehead atoms. The molecular weight excluding hydrogens is 384 g/mol. The highest BCUT2D eigenvalue weighted by Crippen LogP contribution is 2.14. The normalized spacial score (nSPS) is 10.7. The molecule has 9 nitrogen and oxygen atoms in total. The second-order valence-corrected chi connectivity index (χ2v) is 7.00. The van der Waals surface area contributed by atoms with Crippen molar-refractivity contribution in [3.05, 3.63) is 65.0 Å². The van der Waals surface area contributed by atoms with E-state index in [1.807, 2.05) is 20.9 Å². The molecule has 2 aromatic heterocycles. The number of imidazole rings is 1. The molecule has 0 radical (unpaired) electrons. The lowest BCUT2D eigenvalue weighted by molar-refractivity contribution is -0.136. The second kappa shape index (κ2) is 8.73. The number of benzene rings is 1. The molecule has 0 saturated carbocycles. The van der Waals surface area contributed by atoms with Crippen molar-refractivity contribution in [3.8, 4) is 0 Å². The van der Waals surface area contributed by atoms with Crippen LogP contribution in [0.1, 0.15) is 33.1 Å². The van der Waals surface area contributed by atoms with Gasteiger partial charge in [0.05, 0.1) is 5.69 Å². The molecule has 3 rings (SSSR count). The second-order valence-electron chi connectivity index (χ2n) is 7.00. The molecule has 2 N–H and O–H groups in total. The molecular formula is C21H24N6O3. The van der Waals surface area contributed by atoms with Crippen molar-refractivity contribution in [2.45, 2.75) is 20.3 Å². The van der Waals surface area contributed by atoms with E-state index in [1.54, 1.807) is 40.7 Å². The minimum Gasteiger partial charge on any atom is -0.347 e. The van der Waals surface area contributed by atoms with Gasteiger partial charge < -0.3 is 15.2 Å². The third-order valence-electron chi connectivity index (χ3n) is 4.93. The Morgan fingerprint density at radius 3 is 2.50 bits per heavy atom. The number of carbonyl (C=O) groups excluding carboxylic acids is 3. The molecule has 0 saturated heterocycles. The molecule has 3 aromatic rings. The van der Waals surface area contributed by atoms with Crippen LogP contribution in [0.5, 0.6) is 0 Å². The van der Waals surface area contributed by atoms with E-state index in [-0.39, 0.29) is 11.6 Å². The zero-order valence-electron chi connectivity index (χ0n) is 17.4. The Morgan fingerprint density at radius 2 is 1.87 bits per heavy atom. The number of hydrogen-bond acceptors (Lipinski definition) is 5. The van der Waals surface area contributed by atoms with Crippen molar-refractivity contribution in [3.63, 3.8) is 0 Å². The molecule has 2 amide bonds. The maximum Gasteiger partial charge on any atom is 0.313 e. The summed E-state index contributed by atoms with van der Waals surface area (Å²) in [5.74, 6) is -1.52. The Bertz CT molecular complexity index is 1110. The molecule has 0 fully saturated rings. The summed E-state index contributed by atoms with van der Waals surface area (Å²) in [5, 5.41) is 9.48. The number of rotatable bonds is 6. The number of nitrogens with one attached hydrogen (secondary N) is 2. The Kier molecular flexibility index (Phi) is 6.10. The van der Waals surface area contributed by atoms with Gasteiger partial charge in [-0.15, -0.1) is 0 Å². The first-order valence-corrected chi connectivity index (χ1v) is 9.48. The molecule has 30 heavy (non-hydrogen) atoms. The summed E-state index contributed by atoms with van der Waals surface area (Å²) in [6, 6.07) is 6.40. The van der Waals surface area contributed by atoms with Crippen molar-refractivity contribution in [2.24, 2.45) is 14.1 Å². The smallest absolute Gasteiger partial charge is 0.313 e. The summed E-state index contributed by atoms with van der Waals surface area (Å²) in [4.78, 5) is 40.9. The van der Waals surface area contributed by atoms with Crippen molar-refractivity contribution in [1.29, 1.82) is 0 Å². The van der Waals surface area contributed by atoms with Crippen LogP contribution in [-0.2, 0) is 30.1 Å². The number of amides is 2. The van der Waals surface area contributed by atoms with E-state index < -0.39 is 11.8 Å². The standard InChI is InChI=1S/C21H24N6O3/c1-13-17(14(2)27(4)25-13)8-9-23-20(29)21(30)24-16-7-5-6-15(12-16)18(28)19-22-10-11-26(19)3/h5-7,10-12H,8-9H2,1-4H3,(H,23,29)(H,24,30). The van der Waals surface area contributed by atoms with E-state index in [0.717, 1.165) is 17.0 Å². The van der Waals surface area contributed by atoms with Crippen LogP contribution in [0.15, 0.2) is 36.7 Å².